The van der Waals surface area contributed by atoms with Crippen LogP contribution in [0.1, 0.15) is 23.6 Å². The van der Waals surface area contributed by atoms with E-state index < -0.39 is 0 Å². The third kappa shape index (κ3) is 3.39. The number of hydrogen-bond donors (Lipinski definition) is 2. The van der Waals surface area contributed by atoms with Crippen LogP contribution < -0.4 is 10.1 Å². The fourth-order valence-corrected chi connectivity index (χ4v) is 4.04. The molecule has 1 aliphatic carbocycles. The lowest BCUT2D eigenvalue weighted by molar-refractivity contribution is 0.370. The van der Waals surface area contributed by atoms with E-state index in [4.69, 9.17) is 4.74 Å². The Labute approximate surface area is 164 Å². The summed E-state index contributed by atoms with van der Waals surface area (Å²) in [6.07, 6.45) is 3.86. The average molecular weight is 369 g/mol. The number of imidazole rings is 1. The van der Waals surface area contributed by atoms with Gasteiger partial charge in [-0.05, 0) is 60.7 Å². The van der Waals surface area contributed by atoms with Crippen LogP contribution in [-0.2, 0) is 19.4 Å². The van der Waals surface area contributed by atoms with Crippen LogP contribution in [0.3, 0.4) is 0 Å². The molecule has 2 N–H and O–H groups in total. The van der Waals surface area contributed by atoms with Crippen LogP contribution >= 0.6 is 0 Å². The second-order valence-corrected chi connectivity index (χ2v) is 7.86. The summed E-state index contributed by atoms with van der Waals surface area (Å²) in [4.78, 5) is 7.34. The van der Waals surface area contributed by atoms with E-state index in [9.17, 15) is 0 Å². The van der Waals surface area contributed by atoms with E-state index in [0.717, 1.165) is 41.9 Å². The molecule has 0 bridgehead atoms. The van der Waals surface area contributed by atoms with E-state index in [1.807, 2.05) is 30.3 Å². The largest absolute Gasteiger partial charge is 0.457 e. The van der Waals surface area contributed by atoms with Crippen molar-refractivity contribution in [2.45, 2.75) is 31.8 Å². The van der Waals surface area contributed by atoms with Gasteiger partial charge in [-0.1, -0.05) is 36.4 Å². The van der Waals surface area contributed by atoms with Crippen LogP contribution in [0.4, 0.5) is 0 Å². The summed E-state index contributed by atoms with van der Waals surface area (Å²) in [5, 5.41) is 3.76. The van der Waals surface area contributed by atoms with Crippen LogP contribution in [0.2, 0.25) is 0 Å². The van der Waals surface area contributed by atoms with Crippen LogP contribution in [-0.4, -0.2) is 15.5 Å². The number of H-pyrrole nitrogens is 1. The number of nitrogens with zero attached hydrogens (tertiary/aromatic N) is 1. The van der Waals surface area contributed by atoms with Gasteiger partial charge in [-0.25, -0.2) is 4.98 Å². The van der Waals surface area contributed by atoms with Crippen LogP contribution in [0.5, 0.6) is 11.5 Å². The summed E-state index contributed by atoms with van der Waals surface area (Å²) in [6, 6.07) is 22.9. The highest BCUT2D eigenvalue weighted by atomic mass is 16.5. The van der Waals surface area contributed by atoms with Crippen molar-refractivity contribution in [1.29, 1.82) is 0 Å². The van der Waals surface area contributed by atoms with Gasteiger partial charge in [0.25, 0.3) is 0 Å². The third-order valence-electron chi connectivity index (χ3n) is 5.55. The minimum absolute atomic E-state index is 0.123. The molecule has 0 unspecified atom stereocenters. The Balaban J connectivity index is 1.22. The van der Waals surface area contributed by atoms with Gasteiger partial charge in [0.15, 0.2) is 0 Å². The van der Waals surface area contributed by atoms with Crippen LogP contribution in [0.25, 0.3) is 11.0 Å². The average Bonchev–Trinajstić information content (AvgIpc) is 3.30. The number of aromatic amines is 1. The summed E-state index contributed by atoms with van der Waals surface area (Å²) < 4.78 is 5.98. The number of fused-ring (bicyclic) bond motifs is 2. The first kappa shape index (κ1) is 17.0. The van der Waals surface area contributed by atoms with Crippen molar-refractivity contribution in [3.8, 4) is 11.5 Å². The summed E-state index contributed by atoms with van der Waals surface area (Å²) in [7, 11) is 0. The number of aromatic nitrogens is 2. The maximum Gasteiger partial charge on any atom is 0.129 e. The SMILES string of the molecule is CC1(NCc2ccc(Oc3ccc4nc[nH]c4c3)cc2)Cc2ccccc2C1. The topological polar surface area (TPSA) is 49.9 Å². The van der Waals surface area contributed by atoms with Crippen molar-refractivity contribution in [3.05, 3.63) is 89.7 Å². The minimum atomic E-state index is 0.123. The van der Waals surface area contributed by atoms with Crippen LogP contribution in [0.15, 0.2) is 73.1 Å². The van der Waals surface area contributed by atoms with Crippen molar-refractivity contribution in [3.63, 3.8) is 0 Å². The second kappa shape index (κ2) is 6.80. The Morgan fingerprint density at radius 2 is 1.68 bits per heavy atom. The van der Waals surface area contributed by atoms with Crippen molar-refractivity contribution in [1.82, 2.24) is 15.3 Å². The lowest BCUT2D eigenvalue weighted by atomic mass is 9.98. The Morgan fingerprint density at radius 1 is 0.964 bits per heavy atom. The van der Waals surface area contributed by atoms with E-state index in [1.165, 1.54) is 16.7 Å². The van der Waals surface area contributed by atoms with Gasteiger partial charge in [0.2, 0.25) is 0 Å². The third-order valence-corrected chi connectivity index (χ3v) is 5.55. The molecule has 1 aromatic heterocycles. The highest BCUT2D eigenvalue weighted by molar-refractivity contribution is 5.76. The molecule has 0 saturated heterocycles. The fraction of sp³-hybridized carbons (Fsp3) is 0.208. The first-order chi connectivity index (χ1) is 13.7. The lowest BCUT2D eigenvalue weighted by Crippen LogP contribution is -2.42. The molecule has 4 heteroatoms. The van der Waals surface area contributed by atoms with E-state index in [0.29, 0.717) is 0 Å². The van der Waals surface area contributed by atoms with Gasteiger partial charge < -0.3 is 15.0 Å². The zero-order valence-corrected chi connectivity index (χ0v) is 15.9. The van der Waals surface area contributed by atoms with Gasteiger partial charge in [0, 0.05) is 18.2 Å². The predicted octanol–water partition coefficient (Wildman–Crippen LogP) is 5.00. The van der Waals surface area contributed by atoms with Gasteiger partial charge in [0.1, 0.15) is 11.5 Å². The van der Waals surface area contributed by atoms with E-state index in [-0.39, 0.29) is 5.54 Å². The number of rotatable bonds is 5. The van der Waals surface area contributed by atoms with Gasteiger partial charge in [0.05, 0.1) is 17.4 Å². The maximum atomic E-state index is 5.98. The quantitative estimate of drug-likeness (QED) is 0.520. The summed E-state index contributed by atoms with van der Waals surface area (Å²) >= 11 is 0. The molecule has 1 aliphatic rings. The second-order valence-electron chi connectivity index (χ2n) is 7.86. The number of nitrogens with one attached hydrogen (secondary N) is 2. The predicted molar refractivity (Wildman–Crippen MR) is 112 cm³/mol. The molecule has 0 aliphatic heterocycles. The highest BCUT2D eigenvalue weighted by Crippen LogP contribution is 2.30. The molecule has 1 heterocycles. The van der Waals surface area contributed by atoms with Gasteiger partial charge in [-0.15, -0.1) is 0 Å². The molecule has 140 valence electrons. The standard InChI is InChI=1S/C24H23N3O/c1-24(13-18-4-2-3-5-19(18)14-24)27-15-17-6-8-20(9-7-17)28-21-10-11-22-23(12-21)26-16-25-22/h2-12,16,27H,13-15H2,1H3,(H,25,26). The molecule has 0 spiro atoms. The normalized spacial score (nSPS) is 14.9. The Morgan fingerprint density at radius 3 is 2.43 bits per heavy atom. The molecule has 5 rings (SSSR count). The Hall–Kier alpha value is -3.11. The Bertz CT molecular complexity index is 1090. The van der Waals surface area contributed by atoms with Crippen LogP contribution in [0, 0.1) is 0 Å². The van der Waals surface area contributed by atoms with Gasteiger partial charge in [-0.3, -0.25) is 0 Å². The van der Waals surface area contributed by atoms with Crippen molar-refractivity contribution >= 4 is 11.0 Å². The molecule has 3 aromatic carbocycles. The summed E-state index contributed by atoms with van der Waals surface area (Å²) in [6.45, 7) is 3.17. The first-order valence-electron chi connectivity index (χ1n) is 9.69. The maximum absolute atomic E-state index is 5.98. The number of hydrogen-bond acceptors (Lipinski definition) is 3. The van der Waals surface area contributed by atoms with E-state index in [2.05, 4.69) is 58.6 Å². The molecular formula is C24H23N3O. The zero-order chi connectivity index (χ0) is 19.0. The highest BCUT2D eigenvalue weighted by Gasteiger charge is 2.31. The van der Waals surface area contributed by atoms with Crippen molar-refractivity contribution in [2.75, 3.05) is 0 Å². The molecule has 0 radical (unpaired) electrons. The summed E-state index contributed by atoms with van der Waals surface area (Å²) in [5.41, 5.74) is 6.23. The molecule has 0 atom stereocenters. The minimum Gasteiger partial charge on any atom is -0.457 e. The summed E-state index contributed by atoms with van der Waals surface area (Å²) in [5.74, 6) is 1.64. The lowest BCUT2D eigenvalue weighted by Gasteiger charge is -2.25. The smallest absolute Gasteiger partial charge is 0.129 e. The van der Waals surface area contributed by atoms with Gasteiger partial charge >= 0.3 is 0 Å². The molecule has 0 saturated carbocycles. The molecule has 28 heavy (non-hydrogen) atoms. The number of benzene rings is 3. The molecule has 0 amide bonds. The van der Waals surface area contributed by atoms with E-state index in [1.54, 1.807) is 6.33 Å². The molecule has 4 aromatic rings. The first-order valence-corrected chi connectivity index (χ1v) is 9.69. The van der Waals surface area contributed by atoms with E-state index >= 15 is 0 Å². The molecule has 0 fully saturated rings. The van der Waals surface area contributed by atoms with Gasteiger partial charge in [-0.2, -0.15) is 0 Å². The van der Waals surface area contributed by atoms with Crippen molar-refractivity contribution in [2.24, 2.45) is 0 Å². The molecule has 4 nitrogen and oxygen atoms in total. The van der Waals surface area contributed by atoms with Crippen molar-refractivity contribution < 1.29 is 4.74 Å². The fourth-order valence-electron chi connectivity index (χ4n) is 4.04. The Kier molecular flexibility index (Phi) is 4.14. The molecular weight excluding hydrogens is 346 g/mol. The monoisotopic (exact) mass is 369 g/mol. The zero-order valence-electron chi connectivity index (χ0n) is 15.9. The number of ether oxygens (including phenoxy) is 1.